The number of hydrogen-bond acceptors (Lipinski definition) is 5. The fourth-order valence-electron chi connectivity index (χ4n) is 4.27. The van der Waals surface area contributed by atoms with Gasteiger partial charge in [0.15, 0.2) is 0 Å². The molecule has 7 nitrogen and oxygen atoms in total. The van der Waals surface area contributed by atoms with Gasteiger partial charge in [-0.15, -0.1) is 0 Å². The van der Waals surface area contributed by atoms with Crippen molar-refractivity contribution in [3.63, 3.8) is 0 Å². The lowest BCUT2D eigenvalue weighted by atomic mass is 9.90. The Balaban J connectivity index is 1.43. The van der Waals surface area contributed by atoms with E-state index in [4.69, 9.17) is 4.74 Å². The van der Waals surface area contributed by atoms with Crippen molar-refractivity contribution < 1.29 is 14.3 Å². The van der Waals surface area contributed by atoms with Crippen molar-refractivity contribution in [3.05, 3.63) is 30.3 Å². The fourth-order valence-corrected chi connectivity index (χ4v) is 4.27. The lowest BCUT2D eigenvalue weighted by Gasteiger charge is -2.41. The van der Waals surface area contributed by atoms with E-state index in [1.165, 1.54) is 0 Å². The molecule has 2 aliphatic rings. The van der Waals surface area contributed by atoms with Gasteiger partial charge in [-0.25, -0.2) is 0 Å². The maximum Gasteiger partial charge on any atom is 0.238 e. The van der Waals surface area contributed by atoms with Crippen molar-refractivity contribution in [2.75, 3.05) is 58.7 Å². The average Bonchev–Trinajstić information content (AvgIpc) is 2.74. The van der Waals surface area contributed by atoms with Crippen LogP contribution in [0.4, 0.5) is 5.69 Å². The normalized spacial score (nSPS) is 22.8. The fraction of sp³-hybridized carbons (Fsp3) is 0.636. The summed E-state index contributed by atoms with van der Waals surface area (Å²) in [6, 6.07) is 9.51. The van der Waals surface area contributed by atoms with E-state index in [1.54, 1.807) is 7.11 Å². The smallest absolute Gasteiger partial charge is 0.238 e. The maximum absolute atomic E-state index is 12.6. The van der Waals surface area contributed by atoms with Gasteiger partial charge in [0.05, 0.1) is 18.1 Å². The molecule has 2 saturated heterocycles. The number of carbonyl (C=O) groups excluding carboxylic acids is 2. The van der Waals surface area contributed by atoms with Gasteiger partial charge in [0.2, 0.25) is 11.8 Å². The molecule has 2 amide bonds. The van der Waals surface area contributed by atoms with Gasteiger partial charge in [0, 0.05) is 39.0 Å². The lowest BCUT2D eigenvalue weighted by Crippen LogP contribution is -2.54. The highest BCUT2D eigenvalue weighted by molar-refractivity contribution is 5.92. The Bertz CT molecular complexity index is 674. The van der Waals surface area contributed by atoms with Crippen molar-refractivity contribution in [2.45, 2.75) is 31.3 Å². The van der Waals surface area contributed by atoms with E-state index in [0.717, 1.165) is 57.5 Å². The Kier molecular flexibility index (Phi) is 7.64. The topological polar surface area (TPSA) is 73.9 Å². The molecule has 1 aromatic carbocycles. The van der Waals surface area contributed by atoms with E-state index >= 15 is 0 Å². The molecule has 0 bridgehead atoms. The number of para-hydroxylation sites is 1. The second kappa shape index (κ2) is 10.2. The molecule has 1 aromatic rings. The van der Waals surface area contributed by atoms with Crippen LogP contribution in [-0.4, -0.2) is 80.6 Å². The summed E-state index contributed by atoms with van der Waals surface area (Å²) >= 11 is 0. The molecule has 2 fully saturated rings. The first-order valence-electron chi connectivity index (χ1n) is 10.6. The molecule has 0 saturated carbocycles. The van der Waals surface area contributed by atoms with Crippen molar-refractivity contribution in [2.24, 2.45) is 5.92 Å². The van der Waals surface area contributed by atoms with Gasteiger partial charge in [-0.2, -0.15) is 0 Å². The van der Waals surface area contributed by atoms with Gasteiger partial charge in [-0.3, -0.25) is 14.5 Å². The monoisotopic (exact) mass is 402 g/mol. The molecule has 0 aromatic heterocycles. The van der Waals surface area contributed by atoms with Crippen LogP contribution in [0, 0.1) is 5.92 Å². The summed E-state index contributed by atoms with van der Waals surface area (Å²) in [6.45, 7) is 4.35. The van der Waals surface area contributed by atoms with Crippen LogP contribution >= 0.6 is 0 Å². The third-order valence-corrected chi connectivity index (χ3v) is 6.21. The number of piperidine rings is 2. The van der Waals surface area contributed by atoms with Gasteiger partial charge in [-0.1, -0.05) is 18.2 Å². The molecule has 3 rings (SSSR count). The van der Waals surface area contributed by atoms with E-state index in [0.29, 0.717) is 13.1 Å². The quantitative estimate of drug-likeness (QED) is 0.724. The Morgan fingerprint density at radius 3 is 2.55 bits per heavy atom. The van der Waals surface area contributed by atoms with Crippen molar-refractivity contribution in [1.29, 1.82) is 0 Å². The standard InChI is InChI=1S/C22H34N4O3/c1-25-12-6-7-18(15-25)21(28)23-17-22(29-2)10-13-26(14-11-22)16-20(27)24-19-8-4-3-5-9-19/h3-5,8-9,18H,6-7,10-17H2,1-2H3,(H,23,28)(H,24,27). The molecule has 2 aliphatic heterocycles. The van der Waals surface area contributed by atoms with Crippen LogP contribution < -0.4 is 10.6 Å². The molecule has 0 radical (unpaired) electrons. The van der Waals surface area contributed by atoms with Gasteiger partial charge < -0.3 is 20.3 Å². The number of nitrogens with one attached hydrogen (secondary N) is 2. The summed E-state index contributed by atoms with van der Waals surface area (Å²) in [5.41, 5.74) is 0.472. The van der Waals surface area contributed by atoms with E-state index in [-0.39, 0.29) is 23.3 Å². The summed E-state index contributed by atoms with van der Waals surface area (Å²) in [5, 5.41) is 6.07. The number of anilines is 1. The van der Waals surface area contributed by atoms with Crippen molar-refractivity contribution >= 4 is 17.5 Å². The predicted molar refractivity (Wildman–Crippen MR) is 114 cm³/mol. The molecule has 0 aliphatic carbocycles. The molecule has 1 unspecified atom stereocenters. The molecule has 0 spiro atoms. The van der Waals surface area contributed by atoms with E-state index in [2.05, 4.69) is 27.5 Å². The Morgan fingerprint density at radius 1 is 1.17 bits per heavy atom. The number of nitrogens with zero attached hydrogens (tertiary/aromatic N) is 2. The Hall–Kier alpha value is -1.96. The van der Waals surface area contributed by atoms with E-state index in [9.17, 15) is 9.59 Å². The molecular formula is C22H34N4O3. The molecule has 2 N–H and O–H groups in total. The second-order valence-corrected chi connectivity index (χ2v) is 8.40. The van der Waals surface area contributed by atoms with Gasteiger partial charge in [-0.05, 0) is 51.4 Å². The van der Waals surface area contributed by atoms with Gasteiger partial charge in [0.1, 0.15) is 0 Å². The summed E-state index contributed by atoms with van der Waals surface area (Å²) in [6.07, 6.45) is 3.63. The Morgan fingerprint density at radius 2 is 1.90 bits per heavy atom. The number of hydrogen-bond donors (Lipinski definition) is 2. The van der Waals surface area contributed by atoms with Crippen molar-refractivity contribution in [3.8, 4) is 0 Å². The number of amides is 2. The van der Waals surface area contributed by atoms with Crippen LogP contribution in [0.5, 0.6) is 0 Å². The maximum atomic E-state index is 12.6. The number of methoxy groups -OCH3 is 1. The van der Waals surface area contributed by atoms with Crippen LogP contribution in [0.2, 0.25) is 0 Å². The minimum absolute atomic E-state index is 0.00385. The zero-order valence-corrected chi connectivity index (χ0v) is 17.7. The molecular weight excluding hydrogens is 368 g/mol. The first kappa shape index (κ1) is 21.7. The number of benzene rings is 1. The Labute approximate surface area is 173 Å². The number of ether oxygens (including phenoxy) is 1. The highest BCUT2D eigenvalue weighted by Gasteiger charge is 2.36. The third kappa shape index (κ3) is 6.26. The van der Waals surface area contributed by atoms with Gasteiger partial charge in [0.25, 0.3) is 0 Å². The summed E-state index contributed by atoms with van der Waals surface area (Å²) < 4.78 is 5.83. The van der Waals surface area contributed by atoms with Crippen LogP contribution in [-0.2, 0) is 14.3 Å². The highest BCUT2D eigenvalue weighted by atomic mass is 16.5. The van der Waals surface area contributed by atoms with Crippen LogP contribution in [0.15, 0.2) is 30.3 Å². The first-order valence-corrected chi connectivity index (χ1v) is 10.6. The van der Waals surface area contributed by atoms with Gasteiger partial charge >= 0.3 is 0 Å². The summed E-state index contributed by atoms with van der Waals surface area (Å²) in [7, 11) is 3.79. The first-order chi connectivity index (χ1) is 14.0. The molecule has 160 valence electrons. The summed E-state index contributed by atoms with van der Waals surface area (Å²) in [5.74, 6) is 0.206. The minimum atomic E-state index is -0.345. The molecule has 7 heteroatoms. The number of likely N-dealkylation sites (tertiary alicyclic amines) is 2. The largest absolute Gasteiger partial charge is 0.376 e. The minimum Gasteiger partial charge on any atom is -0.376 e. The molecule has 1 atom stereocenters. The van der Waals surface area contributed by atoms with E-state index in [1.807, 2.05) is 30.3 Å². The zero-order valence-electron chi connectivity index (χ0n) is 17.7. The molecule has 2 heterocycles. The zero-order chi connectivity index (χ0) is 20.7. The predicted octanol–water partition coefficient (Wildman–Crippen LogP) is 1.56. The van der Waals surface area contributed by atoms with Crippen LogP contribution in [0.3, 0.4) is 0 Å². The lowest BCUT2D eigenvalue weighted by molar-refractivity contribution is -0.129. The summed E-state index contributed by atoms with van der Waals surface area (Å²) in [4.78, 5) is 29.2. The number of carbonyl (C=O) groups is 2. The second-order valence-electron chi connectivity index (χ2n) is 8.40. The number of rotatable bonds is 7. The SMILES string of the molecule is COC1(CNC(=O)C2CCCN(C)C2)CCN(CC(=O)Nc2ccccc2)CC1. The van der Waals surface area contributed by atoms with Crippen molar-refractivity contribution in [1.82, 2.24) is 15.1 Å². The highest BCUT2D eigenvalue weighted by Crippen LogP contribution is 2.25. The third-order valence-electron chi connectivity index (χ3n) is 6.21. The van der Waals surface area contributed by atoms with E-state index < -0.39 is 0 Å². The van der Waals surface area contributed by atoms with Crippen LogP contribution in [0.25, 0.3) is 0 Å². The average molecular weight is 403 g/mol. The van der Waals surface area contributed by atoms with Crippen LogP contribution in [0.1, 0.15) is 25.7 Å². The molecule has 29 heavy (non-hydrogen) atoms.